The Balaban J connectivity index is 1.71. The second-order valence-electron chi connectivity index (χ2n) is 6.70. The van der Waals surface area contributed by atoms with Crippen molar-refractivity contribution in [2.45, 2.75) is 71.3 Å². The molecule has 0 spiro atoms. The van der Waals surface area contributed by atoms with E-state index < -0.39 is 6.61 Å². The number of hydrogen-bond acceptors (Lipinski definition) is 4. The van der Waals surface area contributed by atoms with Gasteiger partial charge in [0, 0.05) is 6.07 Å². The molecular formula is C19H27F2NO3. The molecule has 1 saturated carbocycles. The van der Waals surface area contributed by atoms with E-state index in [1.54, 1.807) is 0 Å². The fourth-order valence-electron chi connectivity index (χ4n) is 3.33. The lowest BCUT2D eigenvalue weighted by Gasteiger charge is -2.27. The van der Waals surface area contributed by atoms with Crippen molar-refractivity contribution < 1.29 is 23.0 Å². The molecule has 1 aromatic heterocycles. The highest BCUT2D eigenvalue weighted by molar-refractivity contribution is 5.75. The van der Waals surface area contributed by atoms with Crippen LogP contribution >= 0.6 is 0 Å². The number of pyridine rings is 1. The molecule has 6 heteroatoms. The standard InChI is InChI=1S/C19H27F2NO3/c1-2-3-4-5-6-14-7-9-15(10-8-14)18(23)24-16-11-12-17(22-13-16)25-19(20)21/h11-15,19H,2-10H2,1H3/t14-,15-. The summed E-state index contributed by atoms with van der Waals surface area (Å²) >= 11 is 0. The van der Waals surface area contributed by atoms with Crippen LogP contribution in [0.1, 0.15) is 64.7 Å². The maximum atomic E-state index is 12.2. The molecule has 4 nitrogen and oxygen atoms in total. The Bertz CT molecular complexity index is 514. The maximum absolute atomic E-state index is 12.2. The lowest BCUT2D eigenvalue weighted by Crippen LogP contribution is -2.25. The van der Waals surface area contributed by atoms with Gasteiger partial charge in [-0.05, 0) is 37.7 Å². The Morgan fingerprint density at radius 1 is 1.20 bits per heavy atom. The molecule has 1 heterocycles. The number of esters is 1. The van der Waals surface area contributed by atoms with E-state index in [4.69, 9.17) is 4.74 Å². The molecule has 0 amide bonds. The normalized spacial score (nSPS) is 20.5. The zero-order valence-corrected chi connectivity index (χ0v) is 14.8. The van der Waals surface area contributed by atoms with Gasteiger partial charge in [-0.25, -0.2) is 4.98 Å². The number of alkyl halides is 2. The first-order chi connectivity index (χ1) is 12.1. The summed E-state index contributed by atoms with van der Waals surface area (Å²) in [4.78, 5) is 15.9. The predicted molar refractivity (Wildman–Crippen MR) is 90.7 cm³/mol. The average Bonchev–Trinajstić information content (AvgIpc) is 2.60. The van der Waals surface area contributed by atoms with Crippen LogP contribution in [-0.4, -0.2) is 17.6 Å². The molecule has 0 saturated heterocycles. The van der Waals surface area contributed by atoms with Crippen LogP contribution < -0.4 is 9.47 Å². The van der Waals surface area contributed by atoms with E-state index in [1.165, 1.54) is 50.4 Å². The zero-order chi connectivity index (χ0) is 18.1. The minimum Gasteiger partial charge on any atom is -0.425 e. The van der Waals surface area contributed by atoms with E-state index in [0.717, 1.165) is 31.6 Å². The summed E-state index contributed by atoms with van der Waals surface area (Å²) in [7, 11) is 0. The molecular weight excluding hydrogens is 328 g/mol. The second kappa shape index (κ2) is 10.3. The molecule has 0 bridgehead atoms. The smallest absolute Gasteiger partial charge is 0.388 e. The van der Waals surface area contributed by atoms with Gasteiger partial charge >= 0.3 is 12.6 Å². The largest absolute Gasteiger partial charge is 0.425 e. The number of unbranched alkanes of at least 4 members (excludes halogenated alkanes) is 3. The van der Waals surface area contributed by atoms with Crippen molar-refractivity contribution in [3.05, 3.63) is 18.3 Å². The Morgan fingerprint density at radius 3 is 2.56 bits per heavy atom. The van der Waals surface area contributed by atoms with E-state index in [-0.39, 0.29) is 23.5 Å². The van der Waals surface area contributed by atoms with E-state index >= 15 is 0 Å². The van der Waals surface area contributed by atoms with E-state index in [0.29, 0.717) is 0 Å². The van der Waals surface area contributed by atoms with Gasteiger partial charge in [-0.3, -0.25) is 4.79 Å². The molecule has 25 heavy (non-hydrogen) atoms. The highest BCUT2D eigenvalue weighted by Crippen LogP contribution is 2.33. The Labute approximate surface area is 147 Å². The fourth-order valence-corrected chi connectivity index (χ4v) is 3.33. The van der Waals surface area contributed by atoms with E-state index in [9.17, 15) is 13.6 Å². The van der Waals surface area contributed by atoms with E-state index in [2.05, 4.69) is 16.6 Å². The summed E-state index contributed by atoms with van der Waals surface area (Å²) in [6, 6.07) is 2.68. The van der Waals surface area contributed by atoms with Gasteiger partial charge in [-0.15, -0.1) is 0 Å². The third kappa shape index (κ3) is 6.96. The van der Waals surface area contributed by atoms with Crippen molar-refractivity contribution in [1.29, 1.82) is 0 Å². The molecule has 2 rings (SSSR count). The van der Waals surface area contributed by atoms with Crippen LogP contribution in [0, 0.1) is 11.8 Å². The van der Waals surface area contributed by atoms with Gasteiger partial charge in [0.2, 0.25) is 5.88 Å². The molecule has 1 fully saturated rings. The summed E-state index contributed by atoms with van der Waals surface area (Å²) in [6.07, 6.45) is 11.5. The van der Waals surface area contributed by atoms with Crippen LogP contribution in [0.15, 0.2) is 18.3 Å². The minimum absolute atomic E-state index is 0.0797. The van der Waals surface area contributed by atoms with Crippen LogP contribution in [-0.2, 0) is 4.79 Å². The molecule has 0 atom stereocenters. The van der Waals surface area contributed by atoms with Gasteiger partial charge in [-0.2, -0.15) is 8.78 Å². The Morgan fingerprint density at radius 2 is 1.96 bits per heavy atom. The number of ether oxygens (including phenoxy) is 2. The highest BCUT2D eigenvalue weighted by Gasteiger charge is 2.27. The maximum Gasteiger partial charge on any atom is 0.388 e. The number of carbonyl (C=O) groups excluding carboxylic acids is 1. The van der Waals surface area contributed by atoms with Crippen molar-refractivity contribution in [3.63, 3.8) is 0 Å². The summed E-state index contributed by atoms with van der Waals surface area (Å²) in [5.74, 6) is 0.456. The average molecular weight is 355 g/mol. The lowest BCUT2D eigenvalue weighted by atomic mass is 9.80. The number of halogens is 2. The van der Waals surface area contributed by atoms with Crippen LogP contribution in [0.3, 0.4) is 0 Å². The number of hydrogen-bond donors (Lipinski definition) is 0. The third-order valence-corrected chi connectivity index (χ3v) is 4.78. The van der Waals surface area contributed by atoms with Crippen LogP contribution in [0.25, 0.3) is 0 Å². The predicted octanol–water partition coefficient (Wildman–Crippen LogP) is 5.37. The van der Waals surface area contributed by atoms with Crippen LogP contribution in [0.4, 0.5) is 8.78 Å². The molecule has 0 unspecified atom stereocenters. The van der Waals surface area contributed by atoms with Gasteiger partial charge in [0.1, 0.15) is 5.75 Å². The van der Waals surface area contributed by atoms with Crippen LogP contribution in [0.2, 0.25) is 0 Å². The first-order valence-corrected chi connectivity index (χ1v) is 9.21. The van der Waals surface area contributed by atoms with Crippen molar-refractivity contribution in [1.82, 2.24) is 4.98 Å². The van der Waals surface area contributed by atoms with Crippen LogP contribution in [0.5, 0.6) is 11.6 Å². The molecule has 1 aliphatic carbocycles. The monoisotopic (exact) mass is 355 g/mol. The number of aromatic nitrogens is 1. The topological polar surface area (TPSA) is 48.4 Å². The van der Waals surface area contributed by atoms with Gasteiger partial charge in [0.25, 0.3) is 0 Å². The summed E-state index contributed by atoms with van der Waals surface area (Å²) in [6.45, 7) is -0.704. The molecule has 0 aliphatic heterocycles. The summed E-state index contributed by atoms with van der Waals surface area (Å²) in [5, 5.41) is 0. The summed E-state index contributed by atoms with van der Waals surface area (Å²) in [5.41, 5.74) is 0. The SMILES string of the molecule is CCCCCC[C@H]1CC[C@H](C(=O)Oc2ccc(OC(F)F)nc2)CC1. The number of rotatable bonds is 9. The van der Waals surface area contributed by atoms with Gasteiger partial charge in [0.15, 0.2) is 0 Å². The number of carbonyl (C=O) groups is 1. The first-order valence-electron chi connectivity index (χ1n) is 9.21. The molecule has 1 aromatic rings. The van der Waals surface area contributed by atoms with Gasteiger partial charge in [-0.1, -0.05) is 39.0 Å². The minimum atomic E-state index is -2.92. The van der Waals surface area contributed by atoms with Gasteiger partial charge < -0.3 is 9.47 Å². The highest BCUT2D eigenvalue weighted by atomic mass is 19.3. The second-order valence-corrected chi connectivity index (χ2v) is 6.70. The first kappa shape index (κ1) is 19.6. The van der Waals surface area contributed by atoms with Gasteiger partial charge in [0.05, 0.1) is 12.1 Å². The van der Waals surface area contributed by atoms with Crippen molar-refractivity contribution >= 4 is 5.97 Å². The molecule has 140 valence electrons. The number of nitrogens with zero attached hydrogens (tertiary/aromatic N) is 1. The summed E-state index contributed by atoms with van der Waals surface area (Å²) < 4.78 is 33.6. The molecule has 0 radical (unpaired) electrons. The van der Waals surface area contributed by atoms with Crippen molar-refractivity contribution in [3.8, 4) is 11.6 Å². The Hall–Kier alpha value is -1.72. The third-order valence-electron chi connectivity index (χ3n) is 4.78. The Kier molecular flexibility index (Phi) is 8.09. The molecule has 0 aromatic carbocycles. The lowest BCUT2D eigenvalue weighted by molar-refractivity contribution is -0.140. The zero-order valence-electron chi connectivity index (χ0n) is 14.8. The van der Waals surface area contributed by atoms with Crippen molar-refractivity contribution in [2.75, 3.05) is 0 Å². The quantitative estimate of drug-likeness (QED) is 0.442. The fraction of sp³-hybridized carbons (Fsp3) is 0.684. The molecule has 0 N–H and O–H groups in total. The van der Waals surface area contributed by atoms with E-state index in [1.807, 2.05) is 0 Å². The molecule has 1 aliphatic rings. The van der Waals surface area contributed by atoms with Crippen molar-refractivity contribution in [2.24, 2.45) is 11.8 Å².